The summed E-state index contributed by atoms with van der Waals surface area (Å²) in [4.78, 5) is 4.28. The molecule has 0 amide bonds. The van der Waals surface area contributed by atoms with Crippen LogP contribution in [-0.4, -0.2) is 12.1 Å². The lowest BCUT2D eigenvalue weighted by Crippen LogP contribution is -1.99. The molecule has 0 atom stereocenters. The maximum atomic E-state index is 5.88. The van der Waals surface area contributed by atoms with Crippen LogP contribution in [0, 0.1) is 0 Å². The Balaban J connectivity index is 2.72. The normalized spacial score (nSPS) is 10.7. The molecular formula is C11H13N3O. The van der Waals surface area contributed by atoms with Gasteiger partial charge in [-0.05, 0) is 0 Å². The summed E-state index contributed by atoms with van der Waals surface area (Å²) in [5.41, 5.74) is 14.5. The first-order valence-corrected chi connectivity index (χ1v) is 4.64. The Morgan fingerprint density at radius 2 is 2.13 bits per heavy atom. The summed E-state index contributed by atoms with van der Waals surface area (Å²) in [6.45, 7) is 0.522. The molecule has 4 nitrogen and oxygen atoms in total. The lowest BCUT2D eigenvalue weighted by atomic mass is 10.1. The number of pyridine rings is 1. The molecule has 0 fully saturated rings. The minimum absolute atomic E-state index is 0.511. The molecule has 2 aromatic rings. The van der Waals surface area contributed by atoms with E-state index in [1.807, 2.05) is 18.2 Å². The Hall–Kier alpha value is -1.81. The molecule has 4 N–H and O–H groups in total. The van der Waals surface area contributed by atoms with Crippen LogP contribution in [0.3, 0.4) is 0 Å². The molecule has 0 aliphatic heterocycles. The Morgan fingerprint density at radius 1 is 1.33 bits per heavy atom. The first kappa shape index (κ1) is 9.73. The van der Waals surface area contributed by atoms with Gasteiger partial charge in [0.1, 0.15) is 0 Å². The van der Waals surface area contributed by atoms with Crippen LogP contribution in [0.4, 0.5) is 11.4 Å². The molecule has 78 valence electrons. The minimum atomic E-state index is 0.511. The monoisotopic (exact) mass is 203 g/mol. The predicted molar refractivity (Wildman–Crippen MR) is 61.3 cm³/mol. The van der Waals surface area contributed by atoms with Crippen molar-refractivity contribution < 1.29 is 4.74 Å². The summed E-state index contributed by atoms with van der Waals surface area (Å²) in [5.74, 6) is 0. The van der Waals surface area contributed by atoms with Gasteiger partial charge in [-0.2, -0.15) is 0 Å². The molecule has 1 aromatic heterocycles. The van der Waals surface area contributed by atoms with Crippen molar-refractivity contribution in [3.8, 4) is 0 Å². The number of aromatic nitrogens is 1. The molecule has 0 aliphatic rings. The SMILES string of the molecule is COCc1cccc2c(N)c(N)cnc12. The number of nitrogens with two attached hydrogens (primary N) is 2. The number of hydrogen-bond acceptors (Lipinski definition) is 4. The highest BCUT2D eigenvalue weighted by atomic mass is 16.5. The Bertz CT molecular complexity index is 496. The van der Waals surface area contributed by atoms with Crippen molar-refractivity contribution in [1.29, 1.82) is 0 Å². The molecule has 4 heteroatoms. The number of fused-ring (bicyclic) bond motifs is 1. The summed E-state index contributed by atoms with van der Waals surface area (Å²) in [5, 5.41) is 0.879. The first-order valence-electron chi connectivity index (χ1n) is 4.64. The van der Waals surface area contributed by atoms with Gasteiger partial charge in [0.2, 0.25) is 0 Å². The van der Waals surface area contributed by atoms with Gasteiger partial charge in [0.15, 0.2) is 0 Å². The smallest absolute Gasteiger partial charge is 0.0779 e. The molecule has 0 radical (unpaired) electrons. The van der Waals surface area contributed by atoms with Crippen molar-refractivity contribution in [3.63, 3.8) is 0 Å². The largest absolute Gasteiger partial charge is 0.396 e. The molecule has 15 heavy (non-hydrogen) atoms. The van der Waals surface area contributed by atoms with E-state index >= 15 is 0 Å². The van der Waals surface area contributed by atoms with Gasteiger partial charge in [-0.1, -0.05) is 18.2 Å². The third kappa shape index (κ3) is 1.59. The minimum Gasteiger partial charge on any atom is -0.396 e. The highest BCUT2D eigenvalue weighted by Gasteiger charge is 2.06. The van der Waals surface area contributed by atoms with Crippen LogP contribution in [0.15, 0.2) is 24.4 Å². The maximum absolute atomic E-state index is 5.88. The van der Waals surface area contributed by atoms with Crippen LogP contribution in [0.25, 0.3) is 10.9 Å². The Morgan fingerprint density at radius 3 is 2.87 bits per heavy atom. The van der Waals surface area contributed by atoms with Crippen molar-refractivity contribution in [3.05, 3.63) is 30.0 Å². The second-order valence-electron chi connectivity index (χ2n) is 3.37. The number of benzene rings is 1. The number of hydrogen-bond donors (Lipinski definition) is 2. The predicted octanol–water partition coefficient (Wildman–Crippen LogP) is 1.55. The third-order valence-electron chi connectivity index (χ3n) is 2.35. The molecular weight excluding hydrogens is 190 g/mol. The molecule has 0 bridgehead atoms. The lowest BCUT2D eigenvalue weighted by molar-refractivity contribution is 0.186. The van der Waals surface area contributed by atoms with Crippen LogP contribution in [0.5, 0.6) is 0 Å². The van der Waals surface area contributed by atoms with E-state index in [2.05, 4.69) is 4.98 Å². The van der Waals surface area contributed by atoms with Gasteiger partial charge >= 0.3 is 0 Å². The molecule has 0 aliphatic carbocycles. The fourth-order valence-electron chi connectivity index (χ4n) is 1.59. The molecule has 0 unspecified atom stereocenters. The van der Waals surface area contributed by atoms with Crippen LogP contribution in [-0.2, 0) is 11.3 Å². The van der Waals surface area contributed by atoms with Crippen LogP contribution in [0.1, 0.15) is 5.56 Å². The first-order chi connectivity index (χ1) is 7.24. The van der Waals surface area contributed by atoms with Crippen molar-refractivity contribution in [2.24, 2.45) is 0 Å². The highest BCUT2D eigenvalue weighted by molar-refractivity contribution is 5.96. The fourth-order valence-corrected chi connectivity index (χ4v) is 1.59. The van der Waals surface area contributed by atoms with E-state index in [1.165, 1.54) is 0 Å². The van der Waals surface area contributed by atoms with Gasteiger partial charge in [-0.3, -0.25) is 4.98 Å². The quantitative estimate of drug-likeness (QED) is 0.776. The van der Waals surface area contributed by atoms with Crippen molar-refractivity contribution >= 4 is 22.3 Å². The van der Waals surface area contributed by atoms with E-state index < -0.39 is 0 Å². The summed E-state index contributed by atoms with van der Waals surface area (Å²) >= 11 is 0. The second kappa shape index (κ2) is 3.74. The average Bonchev–Trinajstić information content (AvgIpc) is 2.25. The zero-order valence-corrected chi connectivity index (χ0v) is 8.53. The van der Waals surface area contributed by atoms with E-state index in [9.17, 15) is 0 Å². The molecule has 0 saturated carbocycles. The molecule has 1 heterocycles. The number of nitrogen functional groups attached to an aromatic ring is 2. The van der Waals surface area contributed by atoms with Gasteiger partial charge in [0.25, 0.3) is 0 Å². The van der Waals surface area contributed by atoms with E-state index in [4.69, 9.17) is 16.2 Å². The van der Waals surface area contributed by atoms with Crippen molar-refractivity contribution in [2.45, 2.75) is 6.61 Å². The highest BCUT2D eigenvalue weighted by Crippen LogP contribution is 2.26. The molecule has 2 rings (SSSR count). The number of rotatable bonds is 2. The van der Waals surface area contributed by atoms with Gasteiger partial charge in [-0.25, -0.2) is 0 Å². The van der Waals surface area contributed by atoms with Crippen LogP contribution >= 0.6 is 0 Å². The number of nitrogens with zero attached hydrogens (tertiary/aromatic N) is 1. The zero-order chi connectivity index (χ0) is 10.8. The Kier molecular flexibility index (Phi) is 2.43. The standard InChI is InChI=1S/C11H13N3O/c1-15-6-7-3-2-4-8-10(13)9(12)5-14-11(7)8/h2-5H,6,12H2,1H3,(H2,13,14). The van der Waals surface area contributed by atoms with E-state index in [-0.39, 0.29) is 0 Å². The molecule has 0 saturated heterocycles. The van der Waals surface area contributed by atoms with Gasteiger partial charge in [0.05, 0.1) is 29.7 Å². The van der Waals surface area contributed by atoms with Crippen LogP contribution in [0.2, 0.25) is 0 Å². The summed E-state index contributed by atoms with van der Waals surface area (Å²) in [6.07, 6.45) is 1.58. The average molecular weight is 203 g/mol. The zero-order valence-electron chi connectivity index (χ0n) is 8.53. The fraction of sp³-hybridized carbons (Fsp3) is 0.182. The number of ether oxygens (including phenoxy) is 1. The topological polar surface area (TPSA) is 74.2 Å². The van der Waals surface area contributed by atoms with Gasteiger partial charge < -0.3 is 16.2 Å². The van der Waals surface area contributed by atoms with E-state index in [0.29, 0.717) is 18.0 Å². The third-order valence-corrected chi connectivity index (χ3v) is 2.35. The van der Waals surface area contributed by atoms with Crippen LogP contribution < -0.4 is 11.5 Å². The summed E-state index contributed by atoms with van der Waals surface area (Å²) < 4.78 is 5.09. The maximum Gasteiger partial charge on any atom is 0.0779 e. The number of methoxy groups -OCH3 is 1. The van der Waals surface area contributed by atoms with Gasteiger partial charge in [-0.15, -0.1) is 0 Å². The number of para-hydroxylation sites is 1. The summed E-state index contributed by atoms with van der Waals surface area (Å²) in [6, 6.07) is 5.80. The molecule has 0 spiro atoms. The Labute approximate surface area is 87.9 Å². The van der Waals surface area contributed by atoms with E-state index in [0.717, 1.165) is 16.5 Å². The number of anilines is 2. The van der Waals surface area contributed by atoms with Crippen molar-refractivity contribution in [1.82, 2.24) is 4.98 Å². The van der Waals surface area contributed by atoms with Gasteiger partial charge in [0, 0.05) is 18.1 Å². The van der Waals surface area contributed by atoms with Crippen molar-refractivity contribution in [2.75, 3.05) is 18.6 Å². The molecule has 1 aromatic carbocycles. The second-order valence-corrected chi connectivity index (χ2v) is 3.37. The summed E-state index contributed by atoms with van der Waals surface area (Å²) in [7, 11) is 1.65. The lowest BCUT2D eigenvalue weighted by Gasteiger charge is -2.08. The van der Waals surface area contributed by atoms with E-state index in [1.54, 1.807) is 13.3 Å².